The monoisotopic (exact) mass is 465 g/mol. The zero-order valence-corrected chi connectivity index (χ0v) is 18.0. The normalized spacial score (nSPS) is 10.6. The Kier molecular flexibility index (Phi) is 6.05. The van der Waals surface area contributed by atoms with Crippen molar-refractivity contribution in [3.8, 4) is 16.9 Å². The smallest absolute Gasteiger partial charge is 0.356 e. The lowest BCUT2D eigenvalue weighted by Gasteiger charge is -2.11. The number of carboxylic acids is 1. The second-order valence-electron chi connectivity index (χ2n) is 6.89. The number of hydrogen-bond donors (Lipinski definition) is 3. The molecule has 0 spiro atoms. The minimum Gasteiger partial charge on any atom is -0.476 e. The van der Waals surface area contributed by atoms with E-state index in [0.29, 0.717) is 17.1 Å². The number of hydrogen-bond acceptors (Lipinski definition) is 5. The number of aromatic nitrogens is 3. The Labute approximate surface area is 192 Å². The summed E-state index contributed by atoms with van der Waals surface area (Å²) in [6, 6.07) is 17.2. The molecule has 4 rings (SSSR count). The molecule has 0 aliphatic carbocycles. The van der Waals surface area contributed by atoms with E-state index in [1.807, 2.05) is 0 Å². The van der Waals surface area contributed by atoms with Gasteiger partial charge < -0.3 is 15.7 Å². The summed E-state index contributed by atoms with van der Waals surface area (Å²) in [5.41, 5.74) is 0.763. The highest BCUT2D eigenvalue weighted by molar-refractivity contribution is 6.34. The van der Waals surface area contributed by atoms with Crippen molar-refractivity contribution in [2.24, 2.45) is 0 Å². The van der Waals surface area contributed by atoms with Gasteiger partial charge in [-0.25, -0.2) is 18.9 Å². The number of carbonyl (C=O) groups excluding carboxylic acids is 1. The van der Waals surface area contributed by atoms with Gasteiger partial charge in [0, 0.05) is 18.7 Å². The molecule has 0 unspecified atom stereocenters. The van der Waals surface area contributed by atoms with Crippen LogP contribution in [0.1, 0.15) is 20.8 Å². The van der Waals surface area contributed by atoms with Crippen LogP contribution in [0.25, 0.3) is 16.9 Å². The van der Waals surface area contributed by atoms with Crippen LogP contribution in [0, 0.1) is 5.82 Å². The Hall–Kier alpha value is -4.24. The van der Waals surface area contributed by atoms with Crippen molar-refractivity contribution in [2.75, 3.05) is 17.7 Å². The third-order valence-electron chi connectivity index (χ3n) is 4.76. The molecule has 2 aromatic heterocycles. The third-order valence-corrected chi connectivity index (χ3v) is 5.09. The standard InChI is InChI=1S/C23H17ClFN5O3/c1-26-19-10-9-17(25)21(27-19)13-7-8-16(24)15(11-13)22(31)28-20-12-18(23(32)33)29-30(20)14-5-3-2-4-6-14/h2-12H,1H3,(H,26,27)(H,28,31)(H,32,33). The van der Waals surface area contributed by atoms with Gasteiger partial charge in [-0.1, -0.05) is 35.9 Å². The van der Waals surface area contributed by atoms with E-state index in [-0.39, 0.29) is 27.8 Å². The molecule has 10 heteroatoms. The van der Waals surface area contributed by atoms with E-state index in [2.05, 4.69) is 20.7 Å². The van der Waals surface area contributed by atoms with Crippen LogP contribution in [0.2, 0.25) is 5.02 Å². The Morgan fingerprint density at radius 3 is 2.52 bits per heavy atom. The lowest BCUT2D eigenvalue weighted by molar-refractivity contribution is 0.0689. The van der Waals surface area contributed by atoms with Gasteiger partial charge in [-0.3, -0.25) is 4.79 Å². The zero-order chi connectivity index (χ0) is 23.5. The molecule has 2 aromatic carbocycles. The number of nitrogens with one attached hydrogen (secondary N) is 2. The Bertz CT molecular complexity index is 1360. The fourth-order valence-electron chi connectivity index (χ4n) is 3.15. The fourth-order valence-corrected chi connectivity index (χ4v) is 3.36. The molecule has 33 heavy (non-hydrogen) atoms. The van der Waals surface area contributed by atoms with Gasteiger partial charge >= 0.3 is 5.97 Å². The van der Waals surface area contributed by atoms with Gasteiger partial charge in [0.15, 0.2) is 5.69 Å². The molecule has 4 aromatic rings. The third kappa shape index (κ3) is 4.53. The highest BCUT2D eigenvalue weighted by Crippen LogP contribution is 2.28. The maximum atomic E-state index is 14.4. The van der Waals surface area contributed by atoms with Crippen LogP contribution in [0.15, 0.2) is 66.7 Å². The van der Waals surface area contributed by atoms with Crippen molar-refractivity contribution >= 4 is 35.1 Å². The van der Waals surface area contributed by atoms with Gasteiger partial charge in [0.1, 0.15) is 23.1 Å². The molecule has 1 amide bonds. The predicted octanol–water partition coefficient (Wildman–Crippen LogP) is 4.72. The SMILES string of the molecule is CNc1ccc(F)c(-c2ccc(Cl)c(C(=O)Nc3cc(C(=O)O)nn3-c3ccccc3)c2)n1. The summed E-state index contributed by atoms with van der Waals surface area (Å²) >= 11 is 6.25. The first-order valence-corrected chi connectivity index (χ1v) is 10.1. The number of para-hydroxylation sites is 1. The number of carbonyl (C=O) groups is 2. The van der Waals surface area contributed by atoms with Gasteiger partial charge in [-0.05, 0) is 36.4 Å². The molecular formula is C23H17ClFN5O3. The van der Waals surface area contributed by atoms with E-state index in [4.69, 9.17) is 11.6 Å². The summed E-state index contributed by atoms with van der Waals surface area (Å²) in [6.07, 6.45) is 0. The number of carboxylic acid groups (broad SMARTS) is 1. The lowest BCUT2D eigenvalue weighted by atomic mass is 10.1. The number of nitrogens with zero attached hydrogens (tertiary/aromatic N) is 3. The van der Waals surface area contributed by atoms with Crippen LogP contribution >= 0.6 is 11.6 Å². The van der Waals surface area contributed by atoms with Gasteiger partial charge in [0.2, 0.25) is 0 Å². The van der Waals surface area contributed by atoms with Crippen molar-refractivity contribution in [2.45, 2.75) is 0 Å². The minimum atomic E-state index is -1.24. The fraction of sp³-hybridized carbons (Fsp3) is 0.0435. The molecule has 0 fully saturated rings. The lowest BCUT2D eigenvalue weighted by Crippen LogP contribution is -2.16. The van der Waals surface area contributed by atoms with E-state index >= 15 is 0 Å². The van der Waals surface area contributed by atoms with Gasteiger partial charge in [0.05, 0.1) is 16.3 Å². The van der Waals surface area contributed by atoms with Crippen LogP contribution in [0.3, 0.4) is 0 Å². The molecule has 2 heterocycles. The number of anilines is 2. The van der Waals surface area contributed by atoms with E-state index in [0.717, 1.165) is 0 Å². The first kappa shape index (κ1) is 22.0. The van der Waals surface area contributed by atoms with Crippen LogP contribution in [-0.4, -0.2) is 38.8 Å². The summed E-state index contributed by atoms with van der Waals surface area (Å²) in [4.78, 5) is 28.7. The highest BCUT2D eigenvalue weighted by atomic mass is 35.5. The summed E-state index contributed by atoms with van der Waals surface area (Å²) in [7, 11) is 1.66. The first-order chi connectivity index (χ1) is 15.9. The molecule has 0 aliphatic heterocycles. The molecule has 3 N–H and O–H groups in total. The van der Waals surface area contributed by atoms with Crippen LogP contribution in [0.5, 0.6) is 0 Å². The van der Waals surface area contributed by atoms with Crippen LogP contribution in [-0.2, 0) is 0 Å². The van der Waals surface area contributed by atoms with E-state index in [1.54, 1.807) is 43.4 Å². The van der Waals surface area contributed by atoms with Crippen LogP contribution in [0.4, 0.5) is 16.0 Å². The van der Waals surface area contributed by atoms with Crippen molar-refractivity contribution in [1.29, 1.82) is 0 Å². The number of halogens is 2. The molecule has 0 aliphatic rings. The Balaban J connectivity index is 1.72. The summed E-state index contributed by atoms with van der Waals surface area (Å²) in [5, 5.41) is 19.0. The topological polar surface area (TPSA) is 109 Å². The molecule has 0 radical (unpaired) electrons. The number of pyridine rings is 1. The molecule has 0 saturated carbocycles. The maximum Gasteiger partial charge on any atom is 0.356 e. The Morgan fingerprint density at radius 1 is 1.06 bits per heavy atom. The maximum absolute atomic E-state index is 14.4. The first-order valence-electron chi connectivity index (χ1n) is 9.71. The van der Waals surface area contributed by atoms with Crippen molar-refractivity contribution < 1.29 is 19.1 Å². The molecule has 0 saturated heterocycles. The highest BCUT2D eigenvalue weighted by Gasteiger charge is 2.20. The Morgan fingerprint density at radius 2 is 1.82 bits per heavy atom. The molecular weight excluding hydrogens is 449 g/mol. The summed E-state index contributed by atoms with van der Waals surface area (Å²) in [5.74, 6) is -1.84. The second-order valence-corrected chi connectivity index (χ2v) is 7.30. The van der Waals surface area contributed by atoms with Crippen molar-refractivity contribution in [1.82, 2.24) is 14.8 Å². The number of rotatable bonds is 6. The average Bonchev–Trinajstić information content (AvgIpc) is 3.24. The zero-order valence-electron chi connectivity index (χ0n) is 17.2. The second kappa shape index (κ2) is 9.09. The van der Waals surface area contributed by atoms with Gasteiger partial charge in [-0.2, -0.15) is 5.10 Å². The summed E-state index contributed by atoms with van der Waals surface area (Å²) < 4.78 is 15.7. The predicted molar refractivity (Wildman–Crippen MR) is 123 cm³/mol. The largest absolute Gasteiger partial charge is 0.476 e. The van der Waals surface area contributed by atoms with Crippen molar-refractivity contribution in [3.05, 3.63) is 88.8 Å². The number of amides is 1. The number of benzene rings is 2. The van der Waals surface area contributed by atoms with Gasteiger partial charge in [-0.15, -0.1) is 0 Å². The van der Waals surface area contributed by atoms with Gasteiger partial charge in [0.25, 0.3) is 5.91 Å². The van der Waals surface area contributed by atoms with E-state index < -0.39 is 17.7 Å². The molecule has 0 atom stereocenters. The van der Waals surface area contributed by atoms with Crippen LogP contribution < -0.4 is 10.6 Å². The van der Waals surface area contributed by atoms with Crippen molar-refractivity contribution in [3.63, 3.8) is 0 Å². The quantitative estimate of drug-likeness (QED) is 0.380. The molecule has 8 nitrogen and oxygen atoms in total. The van der Waals surface area contributed by atoms with E-state index in [9.17, 15) is 19.1 Å². The molecule has 166 valence electrons. The van der Waals surface area contributed by atoms with E-state index in [1.165, 1.54) is 35.0 Å². The molecule has 0 bridgehead atoms. The summed E-state index contributed by atoms with van der Waals surface area (Å²) in [6.45, 7) is 0. The number of aromatic carboxylic acids is 1. The average molecular weight is 466 g/mol. The minimum absolute atomic E-state index is 0.0510.